The van der Waals surface area contributed by atoms with Gasteiger partial charge in [0.25, 0.3) is 0 Å². The molecular formula is C16H22O2. The Morgan fingerprint density at radius 3 is 2.72 bits per heavy atom. The molecule has 1 aromatic carbocycles. The lowest BCUT2D eigenvalue weighted by Gasteiger charge is -2.28. The summed E-state index contributed by atoms with van der Waals surface area (Å²) in [5.41, 5.74) is 0.695. The van der Waals surface area contributed by atoms with Gasteiger partial charge in [-0.2, -0.15) is 0 Å². The molecule has 0 heterocycles. The molecule has 0 aromatic heterocycles. The first-order valence-corrected chi connectivity index (χ1v) is 6.91. The first-order valence-electron chi connectivity index (χ1n) is 6.91. The molecule has 1 aromatic rings. The van der Waals surface area contributed by atoms with E-state index in [-0.39, 0.29) is 5.78 Å². The molecule has 0 bridgehead atoms. The summed E-state index contributed by atoms with van der Waals surface area (Å²) in [5, 5.41) is 0. The number of hydrogen-bond donors (Lipinski definition) is 0. The second kappa shape index (κ2) is 6.03. The van der Waals surface area contributed by atoms with Crippen LogP contribution in [0.1, 0.15) is 49.9 Å². The summed E-state index contributed by atoms with van der Waals surface area (Å²) >= 11 is 0. The quantitative estimate of drug-likeness (QED) is 0.748. The zero-order valence-corrected chi connectivity index (χ0v) is 11.3. The molecule has 0 amide bonds. The van der Waals surface area contributed by atoms with Gasteiger partial charge in [-0.15, -0.1) is 0 Å². The molecule has 1 fully saturated rings. The largest absolute Gasteiger partial charge is 0.493 e. The third-order valence-electron chi connectivity index (χ3n) is 4.01. The van der Waals surface area contributed by atoms with Crippen LogP contribution >= 0.6 is 0 Å². The van der Waals surface area contributed by atoms with Crippen LogP contribution in [0.25, 0.3) is 0 Å². The predicted octanol–water partition coefficient (Wildman–Crippen LogP) is 4.09. The maximum absolute atomic E-state index is 11.5. The van der Waals surface area contributed by atoms with Gasteiger partial charge in [-0.25, -0.2) is 0 Å². The Labute approximate surface area is 109 Å². The maximum Gasteiger partial charge on any atom is 0.163 e. The number of hydrogen-bond acceptors (Lipinski definition) is 2. The summed E-state index contributed by atoms with van der Waals surface area (Å²) in [6.45, 7) is 4.64. The first-order chi connectivity index (χ1) is 8.68. The van der Waals surface area contributed by atoms with Gasteiger partial charge >= 0.3 is 0 Å². The Balaban J connectivity index is 1.99. The Hall–Kier alpha value is -1.31. The van der Waals surface area contributed by atoms with Crippen molar-refractivity contribution in [2.24, 2.45) is 11.8 Å². The predicted molar refractivity (Wildman–Crippen MR) is 73.1 cm³/mol. The molecule has 0 unspecified atom stereocenters. The third-order valence-corrected chi connectivity index (χ3v) is 4.01. The van der Waals surface area contributed by atoms with E-state index in [4.69, 9.17) is 4.74 Å². The Bertz CT molecular complexity index is 411. The van der Waals surface area contributed by atoms with Crippen molar-refractivity contribution in [3.05, 3.63) is 29.8 Å². The SMILES string of the molecule is CC(=O)c1ccccc1OC[C@@H]1CCCC[C@@H]1C. The number of ether oxygens (including phenoxy) is 1. The highest BCUT2D eigenvalue weighted by Gasteiger charge is 2.22. The molecule has 18 heavy (non-hydrogen) atoms. The number of rotatable bonds is 4. The van der Waals surface area contributed by atoms with Gasteiger partial charge in [0.15, 0.2) is 5.78 Å². The topological polar surface area (TPSA) is 26.3 Å². The fourth-order valence-corrected chi connectivity index (χ4v) is 2.72. The average molecular weight is 246 g/mol. The minimum Gasteiger partial charge on any atom is -0.493 e. The molecule has 2 rings (SSSR count). The molecule has 0 radical (unpaired) electrons. The Morgan fingerprint density at radius 1 is 1.28 bits per heavy atom. The van der Waals surface area contributed by atoms with Gasteiger partial charge in [-0.05, 0) is 37.3 Å². The number of carbonyl (C=O) groups is 1. The van der Waals surface area contributed by atoms with Gasteiger partial charge < -0.3 is 4.74 Å². The van der Waals surface area contributed by atoms with Gasteiger partial charge in [-0.1, -0.05) is 38.3 Å². The van der Waals surface area contributed by atoms with Crippen molar-refractivity contribution in [1.82, 2.24) is 0 Å². The van der Waals surface area contributed by atoms with E-state index < -0.39 is 0 Å². The van der Waals surface area contributed by atoms with Crippen LogP contribution in [0, 0.1) is 11.8 Å². The van der Waals surface area contributed by atoms with Gasteiger partial charge in [0.1, 0.15) is 5.75 Å². The smallest absolute Gasteiger partial charge is 0.163 e. The zero-order chi connectivity index (χ0) is 13.0. The molecule has 2 heteroatoms. The highest BCUT2D eigenvalue weighted by atomic mass is 16.5. The highest BCUT2D eigenvalue weighted by molar-refractivity contribution is 5.96. The monoisotopic (exact) mass is 246 g/mol. The molecule has 2 atom stereocenters. The standard InChI is InChI=1S/C16H22O2/c1-12-7-3-4-8-14(12)11-18-16-10-6-5-9-15(16)13(2)17/h5-6,9-10,12,14H,3-4,7-8,11H2,1-2H3/t12-,14-/m0/s1. The van der Waals surface area contributed by atoms with Crippen LogP contribution in [-0.2, 0) is 0 Å². The molecule has 0 saturated heterocycles. The molecule has 2 nitrogen and oxygen atoms in total. The first kappa shape index (κ1) is 13.1. The number of ketones is 1. The second-order valence-corrected chi connectivity index (χ2v) is 5.39. The van der Waals surface area contributed by atoms with Crippen LogP contribution in [0.15, 0.2) is 24.3 Å². The van der Waals surface area contributed by atoms with Crippen LogP contribution < -0.4 is 4.74 Å². The molecule has 98 valence electrons. The molecular weight excluding hydrogens is 224 g/mol. The summed E-state index contributed by atoms with van der Waals surface area (Å²) in [7, 11) is 0. The molecule has 0 spiro atoms. The second-order valence-electron chi connectivity index (χ2n) is 5.39. The summed E-state index contributed by atoms with van der Waals surface area (Å²) in [4.78, 5) is 11.5. The van der Waals surface area contributed by atoms with Crippen molar-refractivity contribution in [3.8, 4) is 5.75 Å². The molecule has 0 N–H and O–H groups in total. The summed E-state index contributed by atoms with van der Waals surface area (Å²) in [6, 6.07) is 7.53. The minimum absolute atomic E-state index is 0.0716. The number of Topliss-reactive ketones (excluding diaryl/α,β-unsaturated/α-hetero) is 1. The summed E-state index contributed by atoms with van der Waals surface area (Å²) < 4.78 is 5.89. The lowest BCUT2D eigenvalue weighted by atomic mass is 9.81. The number of benzene rings is 1. The molecule has 0 aliphatic heterocycles. The van der Waals surface area contributed by atoms with Crippen molar-refractivity contribution in [3.63, 3.8) is 0 Å². The van der Waals surface area contributed by atoms with Crippen molar-refractivity contribution in [2.75, 3.05) is 6.61 Å². The van der Waals surface area contributed by atoms with Crippen molar-refractivity contribution in [2.45, 2.75) is 39.5 Å². The van der Waals surface area contributed by atoms with Crippen LogP contribution in [0.2, 0.25) is 0 Å². The lowest BCUT2D eigenvalue weighted by Crippen LogP contribution is -2.23. The van der Waals surface area contributed by atoms with Crippen molar-refractivity contribution < 1.29 is 9.53 Å². The average Bonchev–Trinajstić information content (AvgIpc) is 2.38. The van der Waals surface area contributed by atoms with Crippen LogP contribution in [0.4, 0.5) is 0 Å². The van der Waals surface area contributed by atoms with Crippen LogP contribution in [0.3, 0.4) is 0 Å². The number of para-hydroxylation sites is 1. The van der Waals surface area contributed by atoms with E-state index in [1.807, 2.05) is 24.3 Å². The van der Waals surface area contributed by atoms with Gasteiger partial charge in [0.05, 0.1) is 12.2 Å². The van der Waals surface area contributed by atoms with E-state index in [1.54, 1.807) is 6.92 Å². The van der Waals surface area contributed by atoms with E-state index >= 15 is 0 Å². The van der Waals surface area contributed by atoms with E-state index in [0.717, 1.165) is 18.3 Å². The fraction of sp³-hybridized carbons (Fsp3) is 0.562. The summed E-state index contributed by atoms with van der Waals surface area (Å²) in [5.74, 6) is 2.19. The minimum atomic E-state index is 0.0716. The lowest BCUT2D eigenvalue weighted by molar-refractivity contribution is 0.101. The van der Waals surface area contributed by atoms with Gasteiger partial charge in [0.2, 0.25) is 0 Å². The van der Waals surface area contributed by atoms with E-state index in [1.165, 1.54) is 25.7 Å². The van der Waals surface area contributed by atoms with Gasteiger partial charge in [0, 0.05) is 0 Å². The van der Waals surface area contributed by atoms with Crippen molar-refractivity contribution >= 4 is 5.78 Å². The fourth-order valence-electron chi connectivity index (χ4n) is 2.72. The normalized spacial score (nSPS) is 23.7. The number of carbonyl (C=O) groups excluding carboxylic acids is 1. The Kier molecular flexibility index (Phi) is 4.40. The van der Waals surface area contributed by atoms with E-state index in [9.17, 15) is 4.79 Å². The van der Waals surface area contributed by atoms with Crippen molar-refractivity contribution in [1.29, 1.82) is 0 Å². The van der Waals surface area contributed by atoms with E-state index in [2.05, 4.69) is 6.92 Å². The molecule has 1 saturated carbocycles. The third kappa shape index (κ3) is 3.12. The van der Waals surface area contributed by atoms with Gasteiger partial charge in [-0.3, -0.25) is 4.79 Å². The van der Waals surface area contributed by atoms with E-state index in [0.29, 0.717) is 11.5 Å². The van der Waals surface area contributed by atoms with Crippen LogP contribution in [-0.4, -0.2) is 12.4 Å². The van der Waals surface area contributed by atoms with Crippen LogP contribution in [0.5, 0.6) is 5.75 Å². The highest BCUT2D eigenvalue weighted by Crippen LogP contribution is 2.30. The maximum atomic E-state index is 11.5. The summed E-state index contributed by atoms with van der Waals surface area (Å²) in [6.07, 6.45) is 5.22. The zero-order valence-electron chi connectivity index (χ0n) is 11.3. The molecule has 1 aliphatic carbocycles. The Morgan fingerprint density at radius 2 is 2.00 bits per heavy atom. The molecule has 1 aliphatic rings.